The summed E-state index contributed by atoms with van der Waals surface area (Å²) in [5.41, 5.74) is 6.03. The number of carbonyl (C=O) groups is 1. The van der Waals surface area contributed by atoms with Crippen molar-refractivity contribution in [3.8, 4) is 11.4 Å². The lowest BCUT2D eigenvalue weighted by Gasteiger charge is -2.33. The van der Waals surface area contributed by atoms with E-state index in [1.165, 1.54) is 4.90 Å². The van der Waals surface area contributed by atoms with Crippen LogP contribution in [0.25, 0.3) is 11.4 Å². The van der Waals surface area contributed by atoms with Gasteiger partial charge in [0, 0.05) is 24.7 Å². The number of nitrogens with two attached hydrogens (primary N) is 1. The highest BCUT2D eigenvalue weighted by Gasteiger charge is 2.43. The third kappa shape index (κ3) is 5.44. The molecule has 2 atom stereocenters. The lowest BCUT2D eigenvalue weighted by atomic mass is 10.1. The molecule has 1 amide bonds. The van der Waals surface area contributed by atoms with E-state index in [2.05, 4.69) is 15.5 Å². The molecular formula is C23H21ClF4N6O4S. The molecule has 2 aliphatic rings. The summed E-state index contributed by atoms with van der Waals surface area (Å²) in [6.45, 7) is -0.485. The van der Waals surface area contributed by atoms with Crippen LogP contribution in [0.1, 0.15) is 5.56 Å². The summed E-state index contributed by atoms with van der Waals surface area (Å²) >= 11 is 5.94. The quantitative estimate of drug-likeness (QED) is 0.441. The molecule has 0 radical (unpaired) electrons. The summed E-state index contributed by atoms with van der Waals surface area (Å²) in [5.74, 6) is -2.81. The second-order valence-electron chi connectivity index (χ2n) is 9.13. The van der Waals surface area contributed by atoms with E-state index in [9.17, 15) is 26.4 Å². The fraction of sp³-hybridized carbons (Fsp3) is 0.348. The van der Waals surface area contributed by atoms with Crippen LogP contribution in [0.15, 0.2) is 45.8 Å². The summed E-state index contributed by atoms with van der Waals surface area (Å²) in [5, 5.41) is 6.52. The molecule has 1 fully saturated rings. The van der Waals surface area contributed by atoms with Gasteiger partial charge in [-0.1, -0.05) is 28.9 Å². The number of alkyl halides is 3. The van der Waals surface area contributed by atoms with Crippen LogP contribution in [-0.2, 0) is 21.2 Å². The number of aromatic nitrogens is 2. The lowest BCUT2D eigenvalue weighted by Crippen LogP contribution is -2.57. The van der Waals surface area contributed by atoms with Gasteiger partial charge in [0.25, 0.3) is 0 Å². The van der Waals surface area contributed by atoms with E-state index in [4.69, 9.17) is 21.9 Å². The van der Waals surface area contributed by atoms with Crippen LogP contribution in [0.5, 0.6) is 0 Å². The third-order valence-corrected chi connectivity index (χ3v) is 8.45. The number of nitrogens with zero attached hydrogens (tertiary/aromatic N) is 4. The van der Waals surface area contributed by atoms with Gasteiger partial charge >= 0.3 is 12.2 Å². The zero-order chi connectivity index (χ0) is 28.1. The van der Waals surface area contributed by atoms with E-state index in [1.807, 2.05) is 0 Å². The molecule has 39 heavy (non-hydrogen) atoms. The van der Waals surface area contributed by atoms with Gasteiger partial charge in [-0.25, -0.2) is 12.8 Å². The predicted octanol–water partition coefficient (Wildman–Crippen LogP) is 2.52. The Hall–Kier alpha value is -3.27. The first kappa shape index (κ1) is 27.3. The van der Waals surface area contributed by atoms with Gasteiger partial charge in [0.15, 0.2) is 9.84 Å². The Bertz CT molecular complexity index is 1520. The molecule has 208 valence electrons. The Kier molecular flexibility index (Phi) is 7.03. The standard InChI is InChI=1S/C23H21ClF4N6O4S/c24-13-3-1-12(2-4-13)9-34-17-7-14(15(25)8-18(17)39(36,37)11-16(29)21(34)35)20-31-22(38-32-20)33-6-5-30-19(10-33)23(26,27)28/h1-4,7-8,16,19,30H,5-6,9-11,29H2/t16-,19?/m0/s1. The number of anilines is 2. The maximum Gasteiger partial charge on any atom is 0.405 e. The van der Waals surface area contributed by atoms with Crippen molar-refractivity contribution < 1.29 is 35.3 Å². The molecule has 1 saturated heterocycles. The van der Waals surface area contributed by atoms with Gasteiger partial charge in [-0.05, 0) is 29.8 Å². The number of hydrogen-bond donors (Lipinski definition) is 2. The molecule has 10 nitrogen and oxygen atoms in total. The van der Waals surface area contributed by atoms with Crippen LogP contribution in [0, 0.1) is 5.82 Å². The van der Waals surface area contributed by atoms with Crippen molar-refractivity contribution in [2.75, 3.05) is 35.2 Å². The van der Waals surface area contributed by atoms with Crippen LogP contribution in [0.4, 0.5) is 29.3 Å². The highest BCUT2D eigenvalue weighted by Crippen LogP contribution is 2.37. The maximum atomic E-state index is 15.3. The molecule has 5 rings (SSSR count). The highest BCUT2D eigenvalue weighted by atomic mass is 35.5. The minimum Gasteiger partial charge on any atom is -0.321 e. The Morgan fingerprint density at radius 2 is 1.92 bits per heavy atom. The van der Waals surface area contributed by atoms with Gasteiger partial charge in [0.05, 0.1) is 34.5 Å². The molecule has 0 bridgehead atoms. The predicted molar refractivity (Wildman–Crippen MR) is 132 cm³/mol. The minimum absolute atomic E-state index is 0.00498. The largest absolute Gasteiger partial charge is 0.405 e. The molecular weight excluding hydrogens is 568 g/mol. The molecule has 1 aromatic heterocycles. The van der Waals surface area contributed by atoms with E-state index in [1.54, 1.807) is 24.3 Å². The Balaban J connectivity index is 1.55. The van der Waals surface area contributed by atoms with Crippen molar-refractivity contribution in [1.82, 2.24) is 15.5 Å². The molecule has 2 aliphatic heterocycles. The molecule has 2 aromatic carbocycles. The van der Waals surface area contributed by atoms with Crippen molar-refractivity contribution >= 4 is 39.0 Å². The SMILES string of the molecule is N[C@H]1CS(=O)(=O)c2cc(F)c(-c3noc(N4CCNC(C(F)(F)F)C4)n3)cc2N(Cc2ccc(Cl)cc2)C1=O. The number of nitrogens with one attached hydrogen (secondary N) is 1. The van der Waals surface area contributed by atoms with Crippen LogP contribution >= 0.6 is 11.6 Å². The molecule has 1 unspecified atom stereocenters. The summed E-state index contributed by atoms with van der Waals surface area (Å²) in [6, 6.07) is 4.80. The van der Waals surface area contributed by atoms with Gasteiger partial charge in [-0.2, -0.15) is 18.2 Å². The Labute approximate surface area is 224 Å². The zero-order valence-corrected chi connectivity index (χ0v) is 21.5. The summed E-state index contributed by atoms with van der Waals surface area (Å²) in [7, 11) is -4.18. The second-order valence-corrected chi connectivity index (χ2v) is 11.6. The number of piperazine rings is 1. The van der Waals surface area contributed by atoms with Crippen molar-refractivity contribution in [1.29, 1.82) is 0 Å². The summed E-state index contributed by atoms with van der Waals surface area (Å²) < 4.78 is 86.0. The average Bonchev–Trinajstić information content (AvgIpc) is 3.35. The Morgan fingerprint density at radius 3 is 2.62 bits per heavy atom. The molecule has 3 aromatic rings. The monoisotopic (exact) mass is 588 g/mol. The van der Waals surface area contributed by atoms with Crippen molar-refractivity contribution in [3.05, 3.63) is 52.8 Å². The Morgan fingerprint density at radius 1 is 1.21 bits per heavy atom. The number of amides is 1. The van der Waals surface area contributed by atoms with Gasteiger partial charge < -0.3 is 25.4 Å². The molecule has 0 aliphatic carbocycles. The van der Waals surface area contributed by atoms with Crippen molar-refractivity contribution in [2.45, 2.75) is 29.7 Å². The fourth-order valence-corrected chi connectivity index (χ4v) is 6.11. The van der Waals surface area contributed by atoms with Gasteiger partial charge in [-0.15, -0.1) is 0 Å². The van der Waals surface area contributed by atoms with E-state index >= 15 is 4.39 Å². The number of sulfone groups is 1. The minimum atomic E-state index is -4.50. The van der Waals surface area contributed by atoms with Gasteiger partial charge in [0.2, 0.25) is 11.7 Å². The second kappa shape index (κ2) is 10.0. The van der Waals surface area contributed by atoms with Crippen LogP contribution < -0.4 is 20.9 Å². The third-order valence-electron chi connectivity index (χ3n) is 6.41. The van der Waals surface area contributed by atoms with Crippen molar-refractivity contribution in [3.63, 3.8) is 0 Å². The molecule has 3 N–H and O–H groups in total. The summed E-state index contributed by atoms with van der Waals surface area (Å²) in [6.07, 6.45) is -4.50. The first-order chi connectivity index (χ1) is 18.3. The zero-order valence-electron chi connectivity index (χ0n) is 20.0. The maximum absolute atomic E-state index is 15.3. The molecule has 0 spiro atoms. The van der Waals surface area contributed by atoms with Gasteiger partial charge in [0.1, 0.15) is 11.9 Å². The normalized spacial score (nSPS) is 21.5. The lowest BCUT2D eigenvalue weighted by molar-refractivity contribution is -0.155. The van der Waals surface area contributed by atoms with E-state index in [0.29, 0.717) is 10.6 Å². The van der Waals surface area contributed by atoms with Gasteiger partial charge in [-0.3, -0.25) is 4.79 Å². The van der Waals surface area contributed by atoms with Crippen LogP contribution in [0.2, 0.25) is 5.02 Å². The van der Waals surface area contributed by atoms with E-state index < -0.39 is 57.0 Å². The first-order valence-corrected chi connectivity index (χ1v) is 13.6. The summed E-state index contributed by atoms with van der Waals surface area (Å²) in [4.78, 5) is 19.1. The number of halogens is 5. The van der Waals surface area contributed by atoms with Crippen molar-refractivity contribution in [2.24, 2.45) is 5.73 Å². The number of hydrogen-bond acceptors (Lipinski definition) is 9. The van der Waals surface area contributed by atoms with Crippen LogP contribution in [0.3, 0.4) is 0 Å². The number of carbonyl (C=O) groups excluding carboxylic acids is 1. The number of rotatable bonds is 4. The van der Waals surface area contributed by atoms with E-state index in [-0.39, 0.29) is 42.7 Å². The molecule has 16 heteroatoms. The number of benzene rings is 2. The molecule has 0 saturated carbocycles. The fourth-order valence-electron chi connectivity index (χ4n) is 4.42. The highest BCUT2D eigenvalue weighted by molar-refractivity contribution is 7.91. The first-order valence-electron chi connectivity index (χ1n) is 11.6. The average molecular weight is 589 g/mol. The smallest absolute Gasteiger partial charge is 0.321 e. The number of fused-ring (bicyclic) bond motifs is 1. The molecule has 3 heterocycles. The van der Waals surface area contributed by atoms with Crippen LogP contribution in [-0.4, -0.2) is 68.1 Å². The topological polar surface area (TPSA) is 135 Å². The van der Waals surface area contributed by atoms with E-state index in [0.717, 1.165) is 17.0 Å².